The minimum absolute atomic E-state index is 0.175. The zero-order valence-electron chi connectivity index (χ0n) is 13.5. The summed E-state index contributed by atoms with van der Waals surface area (Å²) < 4.78 is 3.15. The third-order valence-corrected chi connectivity index (χ3v) is 4.15. The van der Waals surface area contributed by atoms with Crippen molar-refractivity contribution in [3.8, 4) is 11.4 Å². The standard InChI is InChI=1S/C19H16N4O/c1-13-8-6-7-11-17(13)23-19(24)18-16(14(2)21-23)12-20-22(18)15-9-4-3-5-10-15/h3-12H,1-2H3. The summed E-state index contributed by atoms with van der Waals surface area (Å²) in [5.74, 6) is 0. The summed E-state index contributed by atoms with van der Waals surface area (Å²) in [5, 5.41) is 9.67. The number of aromatic nitrogens is 4. The number of hydrogen-bond donors (Lipinski definition) is 0. The molecule has 5 heteroatoms. The molecular weight excluding hydrogens is 300 g/mol. The van der Waals surface area contributed by atoms with Crippen molar-refractivity contribution >= 4 is 10.9 Å². The molecular formula is C19H16N4O. The topological polar surface area (TPSA) is 52.7 Å². The third kappa shape index (κ3) is 2.13. The molecule has 118 valence electrons. The Kier molecular flexibility index (Phi) is 3.27. The van der Waals surface area contributed by atoms with Gasteiger partial charge in [0.2, 0.25) is 0 Å². The van der Waals surface area contributed by atoms with Crippen LogP contribution in [0.25, 0.3) is 22.3 Å². The molecule has 0 radical (unpaired) electrons. The van der Waals surface area contributed by atoms with E-state index in [2.05, 4.69) is 10.2 Å². The van der Waals surface area contributed by atoms with Crippen LogP contribution in [-0.2, 0) is 0 Å². The van der Waals surface area contributed by atoms with Gasteiger partial charge in [0, 0.05) is 5.39 Å². The number of benzene rings is 2. The highest BCUT2D eigenvalue weighted by Gasteiger charge is 2.16. The molecule has 4 aromatic rings. The first-order valence-electron chi connectivity index (χ1n) is 7.76. The van der Waals surface area contributed by atoms with Crippen molar-refractivity contribution in [2.24, 2.45) is 0 Å². The van der Waals surface area contributed by atoms with Gasteiger partial charge in [0.1, 0.15) is 5.52 Å². The predicted octanol–water partition coefficient (Wildman–Crippen LogP) is 3.19. The lowest BCUT2D eigenvalue weighted by Crippen LogP contribution is -2.24. The van der Waals surface area contributed by atoms with Crippen molar-refractivity contribution in [2.75, 3.05) is 0 Å². The summed E-state index contributed by atoms with van der Waals surface area (Å²) in [6.07, 6.45) is 1.70. The fraction of sp³-hybridized carbons (Fsp3) is 0.105. The van der Waals surface area contributed by atoms with Gasteiger partial charge in [-0.15, -0.1) is 0 Å². The fourth-order valence-electron chi connectivity index (χ4n) is 2.90. The summed E-state index contributed by atoms with van der Waals surface area (Å²) in [7, 11) is 0. The van der Waals surface area contributed by atoms with Crippen molar-refractivity contribution in [2.45, 2.75) is 13.8 Å². The average molecular weight is 316 g/mol. The van der Waals surface area contributed by atoms with E-state index in [4.69, 9.17) is 0 Å². The van der Waals surface area contributed by atoms with E-state index in [1.54, 1.807) is 10.9 Å². The van der Waals surface area contributed by atoms with E-state index < -0.39 is 0 Å². The Morgan fingerprint density at radius 2 is 1.58 bits per heavy atom. The number of hydrogen-bond acceptors (Lipinski definition) is 3. The van der Waals surface area contributed by atoms with Gasteiger partial charge in [-0.2, -0.15) is 14.9 Å². The van der Waals surface area contributed by atoms with Crippen LogP contribution in [0.15, 0.2) is 65.6 Å². The lowest BCUT2D eigenvalue weighted by atomic mass is 10.2. The molecule has 0 aliphatic heterocycles. The van der Waals surface area contributed by atoms with Gasteiger partial charge in [0.05, 0.1) is 23.3 Å². The summed E-state index contributed by atoms with van der Waals surface area (Å²) in [5.41, 5.74) is 3.77. The highest BCUT2D eigenvalue weighted by molar-refractivity contribution is 5.81. The minimum atomic E-state index is -0.175. The van der Waals surface area contributed by atoms with E-state index in [-0.39, 0.29) is 5.56 Å². The summed E-state index contributed by atoms with van der Waals surface area (Å²) >= 11 is 0. The van der Waals surface area contributed by atoms with Crippen molar-refractivity contribution in [3.05, 3.63) is 82.4 Å². The Morgan fingerprint density at radius 3 is 2.33 bits per heavy atom. The van der Waals surface area contributed by atoms with E-state index in [9.17, 15) is 4.79 Å². The van der Waals surface area contributed by atoms with Crippen LogP contribution in [-0.4, -0.2) is 19.6 Å². The first kappa shape index (κ1) is 14.4. The molecule has 2 heterocycles. The second-order valence-electron chi connectivity index (χ2n) is 5.74. The normalized spacial score (nSPS) is 11.1. The molecule has 2 aromatic carbocycles. The zero-order chi connectivity index (χ0) is 16.7. The van der Waals surface area contributed by atoms with Crippen LogP contribution in [0.3, 0.4) is 0 Å². The largest absolute Gasteiger partial charge is 0.298 e. The number of fused-ring (bicyclic) bond motifs is 1. The van der Waals surface area contributed by atoms with Crippen LogP contribution in [0.1, 0.15) is 11.3 Å². The Morgan fingerprint density at radius 1 is 0.875 bits per heavy atom. The van der Waals surface area contributed by atoms with Crippen LogP contribution in [0.2, 0.25) is 0 Å². The van der Waals surface area contributed by atoms with E-state index in [0.717, 1.165) is 28.0 Å². The molecule has 24 heavy (non-hydrogen) atoms. The van der Waals surface area contributed by atoms with Gasteiger partial charge in [0.25, 0.3) is 5.56 Å². The molecule has 0 fully saturated rings. The SMILES string of the molecule is Cc1ccccc1-n1nc(C)c2cnn(-c3ccccc3)c2c1=O. The molecule has 0 unspecified atom stereocenters. The molecule has 0 saturated heterocycles. The van der Waals surface area contributed by atoms with Gasteiger partial charge in [-0.25, -0.2) is 4.68 Å². The van der Waals surface area contributed by atoms with Crippen LogP contribution in [0.4, 0.5) is 0 Å². The minimum Gasteiger partial charge on any atom is -0.265 e. The lowest BCUT2D eigenvalue weighted by Gasteiger charge is -2.10. The molecule has 0 N–H and O–H groups in total. The Bertz CT molecular complexity index is 1090. The molecule has 0 aliphatic carbocycles. The Labute approximate surface area is 138 Å². The van der Waals surface area contributed by atoms with Gasteiger partial charge >= 0.3 is 0 Å². The first-order valence-corrected chi connectivity index (χ1v) is 7.76. The third-order valence-electron chi connectivity index (χ3n) is 4.15. The van der Waals surface area contributed by atoms with Crippen LogP contribution in [0.5, 0.6) is 0 Å². The number of para-hydroxylation sites is 2. The smallest absolute Gasteiger partial charge is 0.265 e. The maximum atomic E-state index is 13.1. The van der Waals surface area contributed by atoms with Crippen LogP contribution < -0.4 is 5.56 Å². The molecule has 0 atom stereocenters. The second-order valence-corrected chi connectivity index (χ2v) is 5.74. The van der Waals surface area contributed by atoms with E-state index >= 15 is 0 Å². The molecule has 0 spiro atoms. The maximum Gasteiger partial charge on any atom is 0.298 e. The van der Waals surface area contributed by atoms with Crippen molar-refractivity contribution in [1.29, 1.82) is 0 Å². The quantitative estimate of drug-likeness (QED) is 0.571. The molecule has 0 aliphatic rings. The molecule has 5 nitrogen and oxygen atoms in total. The van der Waals surface area contributed by atoms with Crippen molar-refractivity contribution in [1.82, 2.24) is 19.6 Å². The van der Waals surface area contributed by atoms with Crippen molar-refractivity contribution in [3.63, 3.8) is 0 Å². The number of nitrogens with zero attached hydrogens (tertiary/aromatic N) is 4. The molecule has 0 amide bonds. The first-order chi connectivity index (χ1) is 11.7. The molecule has 4 rings (SSSR count). The summed E-state index contributed by atoms with van der Waals surface area (Å²) in [4.78, 5) is 13.1. The molecule has 2 aromatic heterocycles. The lowest BCUT2D eigenvalue weighted by molar-refractivity contribution is 0.786. The summed E-state index contributed by atoms with van der Waals surface area (Å²) in [6.45, 7) is 3.87. The maximum absolute atomic E-state index is 13.1. The van der Waals surface area contributed by atoms with Crippen molar-refractivity contribution < 1.29 is 0 Å². The van der Waals surface area contributed by atoms with Gasteiger partial charge in [0.15, 0.2) is 0 Å². The van der Waals surface area contributed by atoms with Gasteiger partial charge < -0.3 is 0 Å². The highest BCUT2D eigenvalue weighted by atomic mass is 16.1. The Balaban J connectivity index is 2.08. The van der Waals surface area contributed by atoms with E-state index in [1.807, 2.05) is 68.4 Å². The van der Waals surface area contributed by atoms with Gasteiger partial charge in [-0.1, -0.05) is 36.4 Å². The number of aryl methyl sites for hydroxylation is 2. The zero-order valence-corrected chi connectivity index (χ0v) is 13.5. The highest BCUT2D eigenvalue weighted by Crippen LogP contribution is 2.19. The molecule has 0 saturated carbocycles. The summed E-state index contributed by atoms with van der Waals surface area (Å²) in [6, 6.07) is 17.4. The number of rotatable bonds is 2. The van der Waals surface area contributed by atoms with Gasteiger partial charge in [-0.3, -0.25) is 4.79 Å². The average Bonchev–Trinajstić information content (AvgIpc) is 3.05. The molecule has 0 bridgehead atoms. The van der Waals surface area contributed by atoms with E-state index in [1.165, 1.54) is 4.68 Å². The van der Waals surface area contributed by atoms with E-state index in [0.29, 0.717) is 5.52 Å². The Hall–Kier alpha value is -3.21. The van der Waals surface area contributed by atoms with Gasteiger partial charge in [-0.05, 0) is 37.6 Å². The monoisotopic (exact) mass is 316 g/mol. The fourth-order valence-corrected chi connectivity index (χ4v) is 2.90. The van der Waals surface area contributed by atoms with Crippen LogP contribution in [0, 0.1) is 13.8 Å². The predicted molar refractivity (Wildman–Crippen MR) is 93.9 cm³/mol. The second kappa shape index (κ2) is 5.45. The van der Waals surface area contributed by atoms with Crippen LogP contribution >= 0.6 is 0 Å².